The van der Waals surface area contributed by atoms with Gasteiger partial charge in [0.15, 0.2) is 0 Å². The molecule has 0 aliphatic carbocycles. The molecule has 0 saturated heterocycles. The molecule has 4 heteroatoms. The lowest BCUT2D eigenvalue weighted by atomic mass is 10.1. The van der Waals surface area contributed by atoms with Crippen molar-refractivity contribution in [3.63, 3.8) is 0 Å². The van der Waals surface area contributed by atoms with E-state index in [-0.39, 0.29) is 11.8 Å². The fourth-order valence-electron chi connectivity index (χ4n) is 1.29. The number of hydrogen-bond donors (Lipinski definition) is 1. The first-order valence-electron chi connectivity index (χ1n) is 5.37. The molecular weight excluding hydrogens is 216 g/mol. The molecule has 0 aromatic heterocycles. The highest BCUT2D eigenvalue weighted by Crippen LogP contribution is 2.12. The van der Waals surface area contributed by atoms with Crippen LogP contribution in [0.2, 0.25) is 0 Å². The fraction of sp³-hybridized carbons (Fsp3) is 0.231. The van der Waals surface area contributed by atoms with Gasteiger partial charge in [-0.15, -0.1) is 0 Å². The van der Waals surface area contributed by atoms with E-state index < -0.39 is 0 Å². The van der Waals surface area contributed by atoms with Crippen molar-refractivity contribution in [2.24, 2.45) is 0 Å². The number of hydrogen-bond acceptors (Lipinski definition) is 2. The highest BCUT2D eigenvalue weighted by molar-refractivity contribution is 6.00. The molecule has 0 aliphatic heterocycles. The first kappa shape index (κ1) is 13.0. The average molecular weight is 232 g/mol. The molecule has 1 rings (SSSR count). The summed E-state index contributed by atoms with van der Waals surface area (Å²) in [5, 5.41) is 2.62. The molecule has 1 aromatic carbocycles. The van der Waals surface area contributed by atoms with Crippen molar-refractivity contribution in [1.29, 1.82) is 0 Å². The quantitative estimate of drug-likeness (QED) is 0.806. The number of carbonyl (C=O) groups excluding carboxylic acids is 2. The van der Waals surface area contributed by atoms with E-state index >= 15 is 0 Å². The van der Waals surface area contributed by atoms with Crippen LogP contribution in [0.3, 0.4) is 0 Å². The van der Waals surface area contributed by atoms with E-state index in [1.807, 2.05) is 6.92 Å². The van der Waals surface area contributed by atoms with Crippen molar-refractivity contribution in [2.45, 2.75) is 6.92 Å². The number of nitrogens with zero attached hydrogens (tertiary/aromatic N) is 1. The van der Waals surface area contributed by atoms with Crippen LogP contribution in [-0.2, 0) is 4.79 Å². The summed E-state index contributed by atoms with van der Waals surface area (Å²) >= 11 is 0. The van der Waals surface area contributed by atoms with Crippen molar-refractivity contribution in [1.82, 2.24) is 4.90 Å². The summed E-state index contributed by atoms with van der Waals surface area (Å²) < 4.78 is 0. The van der Waals surface area contributed by atoms with Gasteiger partial charge >= 0.3 is 0 Å². The lowest BCUT2D eigenvalue weighted by Gasteiger charge is -2.14. The number of amides is 2. The van der Waals surface area contributed by atoms with Gasteiger partial charge in [-0.1, -0.05) is 12.6 Å². The van der Waals surface area contributed by atoms with Crippen LogP contribution < -0.4 is 5.32 Å². The topological polar surface area (TPSA) is 49.4 Å². The molecule has 0 saturated carbocycles. The molecule has 17 heavy (non-hydrogen) atoms. The first-order chi connectivity index (χ1) is 8.08. The van der Waals surface area contributed by atoms with E-state index in [1.54, 1.807) is 36.2 Å². The number of anilines is 1. The minimum Gasteiger partial charge on any atom is -0.342 e. The van der Waals surface area contributed by atoms with Crippen LogP contribution in [0, 0.1) is 0 Å². The molecule has 0 atom stereocenters. The zero-order valence-corrected chi connectivity index (χ0v) is 10.1. The monoisotopic (exact) mass is 232 g/mol. The molecule has 1 N–H and O–H groups in total. The second kappa shape index (κ2) is 5.84. The predicted molar refractivity (Wildman–Crippen MR) is 67.9 cm³/mol. The van der Waals surface area contributed by atoms with Crippen molar-refractivity contribution in [3.8, 4) is 0 Å². The van der Waals surface area contributed by atoms with Gasteiger partial charge in [-0.3, -0.25) is 9.59 Å². The molecule has 1 aromatic rings. The Balaban J connectivity index is 2.89. The molecule has 0 heterocycles. The number of rotatable bonds is 4. The third-order valence-electron chi connectivity index (χ3n) is 2.38. The maximum atomic E-state index is 11.9. The van der Waals surface area contributed by atoms with Crippen molar-refractivity contribution < 1.29 is 9.59 Å². The van der Waals surface area contributed by atoms with E-state index in [0.29, 0.717) is 17.8 Å². The van der Waals surface area contributed by atoms with Crippen molar-refractivity contribution in [3.05, 3.63) is 42.5 Å². The molecule has 0 unspecified atom stereocenters. The summed E-state index contributed by atoms with van der Waals surface area (Å²) in [7, 11) is 1.73. The van der Waals surface area contributed by atoms with E-state index in [4.69, 9.17) is 0 Å². The molecule has 4 nitrogen and oxygen atoms in total. The Morgan fingerprint density at radius 2 is 2.18 bits per heavy atom. The number of benzene rings is 1. The SMILES string of the molecule is C=CC(=O)Nc1cccc(C(=O)N(C)CC)c1. The minimum absolute atomic E-state index is 0.0674. The van der Waals surface area contributed by atoms with Crippen LogP contribution in [-0.4, -0.2) is 30.3 Å². The minimum atomic E-state index is -0.293. The lowest BCUT2D eigenvalue weighted by molar-refractivity contribution is -0.111. The summed E-state index contributed by atoms with van der Waals surface area (Å²) in [5.74, 6) is -0.361. The third-order valence-corrected chi connectivity index (χ3v) is 2.38. The Morgan fingerprint density at radius 1 is 1.47 bits per heavy atom. The van der Waals surface area contributed by atoms with E-state index in [2.05, 4.69) is 11.9 Å². The second-order valence-electron chi connectivity index (χ2n) is 3.59. The van der Waals surface area contributed by atoms with Crippen molar-refractivity contribution >= 4 is 17.5 Å². The zero-order valence-electron chi connectivity index (χ0n) is 10.1. The van der Waals surface area contributed by atoms with Gasteiger partial charge in [-0.05, 0) is 31.2 Å². The van der Waals surface area contributed by atoms with Gasteiger partial charge in [-0.2, -0.15) is 0 Å². The maximum Gasteiger partial charge on any atom is 0.253 e. The standard InChI is InChI=1S/C13H16N2O2/c1-4-12(16)14-11-8-6-7-10(9-11)13(17)15(3)5-2/h4,6-9H,1,5H2,2-3H3,(H,14,16). The van der Waals surface area contributed by atoms with Gasteiger partial charge in [0.05, 0.1) is 0 Å². The fourth-order valence-corrected chi connectivity index (χ4v) is 1.29. The highest BCUT2D eigenvalue weighted by Gasteiger charge is 2.10. The van der Waals surface area contributed by atoms with Crippen molar-refractivity contribution in [2.75, 3.05) is 18.9 Å². The molecule has 2 amide bonds. The smallest absolute Gasteiger partial charge is 0.253 e. The maximum absolute atomic E-state index is 11.9. The molecule has 0 fully saturated rings. The van der Waals surface area contributed by atoms with Gasteiger partial charge in [0.25, 0.3) is 5.91 Å². The third kappa shape index (κ3) is 3.45. The van der Waals surface area contributed by atoms with E-state index in [0.717, 1.165) is 0 Å². The lowest BCUT2D eigenvalue weighted by Crippen LogP contribution is -2.26. The van der Waals surface area contributed by atoms with Gasteiger partial charge in [-0.25, -0.2) is 0 Å². The first-order valence-corrected chi connectivity index (χ1v) is 5.37. The molecule has 0 spiro atoms. The molecule has 90 valence electrons. The molecule has 0 bridgehead atoms. The number of nitrogens with one attached hydrogen (secondary N) is 1. The summed E-state index contributed by atoms with van der Waals surface area (Å²) in [4.78, 5) is 24.6. The average Bonchev–Trinajstić information content (AvgIpc) is 2.37. The Kier molecular flexibility index (Phi) is 4.46. The highest BCUT2D eigenvalue weighted by atomic mass is 16.2. The van der Waals surface area contributed by atoms with Crippen LogP contribution in [0.25, 0.3) is 0 Å². The molecule has 0 aliphatic rings. The molecular formula is C13H16N2O2. The number of carbonyl (C=O) groups is 2. The Morgan fingerprint density at radius 3 is 2.76 bits per heavy atom. The largest absolute Gasteiger partial charge is 0.342 e. The van der Waals surface area contributed by atoms with Gasteiger partial charge < -0.3 is 10.2 Å². The van der Waals surface area contributed by atoms with Gasteiger partial charge in [0.2, 0.25) is 5.91 Å². The summed E-state index contributed by atoms with van der Waals surface area (Å²) in [6.45, 7) is 5.91. The normalized spacial score (nSPS) is 9.53. The van der Waals surface area contributed by atoms with Crippen LogP contribution in [0.15, 0.2) is 36.9 Å². The summed E-state index contributed by atoms with van der Waals surface area (Å²) in [6.07, 6.45) is 1.19. The summed E-state index contributed by atoms with van der Waals surface area (Å²) in [6, 6.07) is 6.83. The molecule has 0 radical (unpaired) electrons. The van der Waals surface area contributed by atoms with E-state index in [9.17, 15) is 9.59 Å². The van der Waals surface area contributed by atoms with Crippen LogP contribution in [0.4, 0.5) is 5.69 Å². The summed E-state index contributed by atoms with van der Waals surface area (Å²) in [5.41, 5.74) is 1.14. The zero-order chi connectivity index (χ0) is 12.8. The van der Waals surface area contributed by atoms with Crippen LogP contribution >= 0.6 is 0 Å². The Hall–Kier alpha value is -2.10. The second-order valence-corrected chi connectivity index (χ2v) is 3.59. The van der Waals surface area contributed by atoms with Gasteiger partial charge in [0, 0.05) is 24.8 Å². The van der Waals surface area contributed by atoms with E-state index in [1.165, 1.54) is 6.08 Å². The van der Waals surface area contributed by atoms with Crippen LogP contribution in [0.1, 0.15) is 17.3 Å². The Labute approximate surface area is 101 Å². The predicted octanol–water partition coefficient (Wildman–Crippen LogP) is 1.90. The Bertz CT molecular complexity index is 441. The van der Waals surface area contributed by atoms with Gasteiger partial charge in [0.1, 0.15) is 0 Å². The van der Waals surface area contributed by atoms with Crippen LogP contribution in [0.5, 0.6) is 0 Å².